The lowest BCUT2D eigenvalue weighted by Crippen LogP contribution is -2.01. The van der Waals surface area contributed by atoms with E-state index in [1.54, 1.807) is 0 Å². The maximum atomic E-state index is 10.8. The Morgan fingerprint density at radius 1 is 0.870 bits per heavy atom. The lowest BCUT2D eigenvalue weighted by molar-refractivity contribution is 0.473. The third-order valence-corrected chi connectivity index (χ3v) is 4.78. The van der Waals surface area contributed by atoms with Crippen LogP contribution in [0.2, 0.25) is 0 Å². The molecule has 2 rings (SSSR count). The van der Waals surface area contributed by atoms with Gasteiger partial charge in [-0.15, -0.1) is 0 Å². The van der Waals surface area contributed by atoms with Gasteiger partial charge < -0.3 is 5.11 Å². The lowest BCUT2D eigenvalue weighted by atomic mass is 9.84. The Bertz CT molecular complexity index is 615. The molecule has 1 heteroatoms. The molecule has 0 aromatic heterocycles. The van der Waals surface area contributed by atoms with Gasteiger partial charge in [-0.2, -0.15) is 0 Å². The summed E-state index contributed by atoms with van der Waals surface area (Å²) in [6.45, 7) is 8.98. The maximum absolute atomic E-state index is 10.8. The van der Waals surface area contributed by atoms with Gasteiger partial charge in [0.2, 0.25) is 0 Å². The first-order valence-electron chi connectivity index (χ1n) is 9.00. The fourth-order valence-corrected chi connectivity index (χ4v) is 3.45. The number of hydrogen-bond acceptors (Lipinski definition) is 1. The van der Waals surface area contributed by atoms with Crippen LogP contribution in [0.25, 0.3) is 11.1 Å². The molecule has 0 fully saturated rings. The first-order valence-corrected chi connectivity index (χ1v) is 9.00. The zero-order valence-electron chi connectivity index (χ0n) is 15.0. The molecule has 2 unspecified atom stereocenters. The van der Waals surface area contributed by atoms with Crippen LogP contribution in [0, 0.1) is 0 Å². The van der Waals surface area contributed by atoms with Gasteiger partial charge in [-0.05, 0) is 47.4 Å². The Morgan fingerprint density at radius 3 is 2.09 bits per heavy atom. The molecule has 0 saturated heterocycles. The van der Waals surface area contributed by atoms with Gasteiger partial charge >= 0.3 is 0 Å². The molecule has 0 aliphatic carbocycles. The van der Waals surface area contributed by atoms with Gasteiger partial charge in [-0.25, -0.2) is 0 Å². The minimum absolute atomic E-state index is 0.426. The zero-order chi connectivity index (χ0) is 16.8. The molecule has 23 heavy (non-hydrogen) atoms. The average Bonchev–Trinajstić information content (AvgIpc) is 2.55. The summed E-state index contributed by atoms with van der Waals surface area (Å²) < 4.78 is 0. The van der Waals surface area contributed by atoms with E-state index in [0.717, 1.165) is 30.4 Å². The van der Waals surface area contributed by atoms with Crippen molar-refractivity contribution in [3.63, 3.8) is 0 Å². The number of phenolic OH excluding ortho intramolecular Hbond substituents is 1. The van der Waals surface area contributed by atoms with E-state index >= 15 is 0 Å². The standard InChI is InChI=1S/C22H30O/c1-5-10-16(3)19-14-20(17(4)11-6-2)22(21(23)15-19)18-12-8-7-9-13-18/h7-9,12-17,23H,5-6,10-11H2,1-4H3. The summed E-state index contributed by atoms with van der Waals surface area (Å²) in [4.78, 5) is 0. The van der Waals surface area contributed by atoms with Gasteiger partial charge in [0.1, 0.15) is 5.75 Å². The van der Waals surface area contributed by atoms with E-state index in [4.69, 9.17) is 0 Å². The van der Waals surface area contributed by atoms with Crippen LogP contribution in [-0.2, 0) is 0 Å². The van der Waals surface area contributed by atoms with Crippen LogP contribution >= 0.6 is 0 Å². The molecule has 124 valence electrons. The Morgan fingerprint density at radius 2 is 1.48 bits per heavy atom. The van der Waals surface area contributed by atoms with Crippen LogP contribution in [0.4, 0.5) is 0 Å². The molecule has 0 aliphatic heterocycles. The van der Waals surface area contributed by atoms with Crippen molar-refractivity contribution in [3.05, 3.63) is 53.6 Å². The molecule has 2 aromatic rings. The molecule has 0 aliphatic rings. The molecular weight excluding hydrogens is 280 g/mol. The fourth-order valence-electron chi connectivity index (χ4n) is 3.45. The van der Waals surface area contributed by atoms with Gasteiger partial charge in [0.15, 0.2) is 0 Å². The minimum Gasteiger partial charge on any atom is -0.507 e. The summed E-state index contributed by atoms with van der Waals surface area (Å²) >= 11 is 0. The van der Waals surface area contributed by atoms with Gasteiger partial charge in [0.25, 0.3) is 0 Å². The van der Waals surface area contributed by atoms with E-state index < -0.39 is 0 Å². The van der Waals surface area contributed by atoms with Crippen LogP contribution in [0.5, 0.6) is 5.75 Å². The van der Waals surface area contributed by atoms with Crippen molar-refractivity contribution >= 4 is 0 Å². The van der Waals surface area contributed by atoms with E-state index in [0.29, 0.717) is 17.6 Å². The second kappa shape index (κ2) is 8.19. The predicted octanol–water partition coefficient (Wildman–Crippen LogP) is 6.87. The average molecular weight is 310 g/mol. The van der Waals surface area contributed by atoms with Crippen molar-refractivity contribution in [1.82, 2.24) is 0 Å². The molecule has 2 atom stereocenters. The van der Waals surface area contributed by atoms with Gasteiger partial charge in [0.05, 0.1) is 0 Å². The summed E-state index contributed by atoms with van der Waals surface area (Å²) in [5, 5.41) is 10.8. The number of phenols is 1. The Kier molecular flexibility index (Phi) is 6.27. The first kappa shape index (κ1) is 17.6. The normalized spacial score (nSPS) is 13.7. The molecule has 0 amide bonds. The van der Waals surface area contributed by atoms with Crippen LogP contribution in [0.1, 0.15) is 76.3 Å². The van der Waals surface area contributed by atoms with Crippen molar-refractivity contribution in [2.24, 2.45) is 0 Å². The number of benzene rings is 2. The Hall–Kier alpha value is -1.76. The third-order valence-electron chi connectivity index (χ3n) is 4.78. The van der Waals surface area contributed by atoms with Gasteiger partial charge in [0, 0.05) is 5.56 Å². The quantitative estimate of drug-likeness (QED) is 0.592. The minimum atomic E-state index is 0.426. The van der Waals surface area contributed by atoms with E-state index in [1.165, 1.54) is 17.5 Å². The maximum Gasteiger partial charge on any atom is 0.123 e. The second-order valence-electron chi connectivity index (χ2n) is 6.75. The SMILES string of the molecule is CCCC(C)c1cc(O)c(-c2ccccc2)c(C(C)CCC)c1. The summed E-state index contributed by atoms with van der Waals surface area (Å²) in [6.07, 6.45) is 4.63. The number of aromatic hydroxyl groups is 1. The Balaban J connectivity index is 2.56. The predicted molar refractivity (Wildman–Crippen MR) is 100 cm³/mol. The highest BCUT2D eigenvalue weighted by Gasteiger charge is 2.18. The Labute approximate surface area is 141 Å². The highest BCUT2D eigenvalue weighted by molar-refractivity contribution is 5.75. The molecule has 0 saturated carbocycles. The molecule has 0 radical (unpaired) electrons. The van der Waals surface area contributed by atoms with Crippen molar-refractivity contribution in [2.75, 3.05) is 0 Å². The highest BCUT2D eigenvalue weighted by atomic mass is 16.3. The second-order valence-corrected chi connectivity index (χ2v) is 6.75. The van der Waals surface area contributed by atoms with Crippen molar-refractivity contribution < 1.29 is 5.11 Å². The third kappa shape index (κ3) is 4.16. The number of rotatable bonds is 7. The zero-order valence-corrected chi connectivity index (χ0v) is 15.0. The summed E-state index contributed by atoms with van der Waals surface area (Å²) in [7, 11) is 0. The molecule has 0 spiro atoms. The van der Waals surface area contributed by atoms with Crippen LogP contribution in [0.3, 0.4) is 0 Å². The van der Waals surface area contributed by atoms with Crippen molar-refractivity contribution in [2.45, 2.75) is 65.2 Å². The van der Waals surface area contributed by atoms with E-state index in [2.05, 4.69) is 45.9 Å². The van der Waals surface area contributed by atoms with E-state index in [9.17, 15) is 5.11 Å². The van der Waals surface area contributed by atoms with Crippen molar-refractivity contribution in [1.29, 1.82) is 0 Å². The van der Waals surface area contributed by atoms with Gasteiger partial charge in [-0.3, -0.25) is 0 Å². The van der Waals surface area contributed by atoms with Crippen LogP contribution in [0.15, 0.2) is 42.5 Å². The molecule has 1 nitrogen and oxygen atoms in total. The fraction of sp³-hybridized carbons (Fsp3) is 0.455. The monoisotopic (exact) mass is 310 g/mol. The lowest BCUT2D eigenvalue weighted by Gasteiger charge is -2.21. The van der Waals surface area contributed by atoms with Crippen LogP contribution in [-0.4, -0.2) is 5.11 Å². The largest absolute Gasteiger partial charge is 0.507 e. The summed E-state index contributed by atoms with van der Waals surface area (Å²) in [6, 6.07) is 14.6. The van der Waals surface area contributed by atoms with Crippen LogP contribution < -0.4 is 0 Å². The highest BCUT2D eigenvalue weighted by Crippen LogP contribution is 2.40. The topological polar surface area (TPSA) is 20.2 Å². The molecule has 0 heterocycles. The van der Waals surface area contributed by atoms with Gasteiger partial charge in [-0.1, -0.05) is 76.9 Å². The summed E-state index contributed by atoms with van der Waals surface area (Å²) in [5.74, 6) is 1.37. The molecule has 0 bridgehead atoms. The summed E-state index contributed by atoms with van der Waals surface area (Å²) in [5.41, 5.74) is 4.68. The first-order chi connectivity index (χ1) is 11.1. The van der Waals surface area contributed by atoms with E-state index in [-0.39, 0.29) is 0 Å². The number of hydrogen-bond donors (Lipinski definition) is 1. The molecule has 2 aromatic carbocycles. The smallest absolute Gasteiger partial charge is 0.123 e. The van der Waals surface area contributed by atoms with Crippen molar-refractivity contribution in [3.8, 4) is 16.9 Å². The van der Waals surface area contributed by atoms with E-state index in [1.807, 2.05) is 24.3 Å². The molecule has 1 N–H and O–H groups in total. The molecular formula is C22H30O.